The number of hydrogen-bond acceptors (Lipinski definition) is 8. The highest BCUT2D eigenvalue weighted by Gasteiger charge is 2.75. The van der Waals surface area contributed by atoms with Crippen LogP contribution in [0.1, 0.15) is 6.92 Å². The maximum absolute atomic E-state index is 11.3. The predicted molar refractivity (Wildman–Crippen MR) is 80.1 cm³/mol. The molecule has 4 atom stereocenters. The van der Waals surface area contributed by atoms with Gasteiger partial charge in [0.1, 0.15) is 12.6 Å². The highest BCUT2D eigenvalue weighted by atomic mass is 16.6. The molecule has 0 bridgehead atoms. The van der Waals surface area contributed by atoms with E-state index in [1.165, 1.54) is 4.90 Å². The SMILES string of the molecule is CC(=O)O[C@@H]1CN2C(=N)N[C@@H](COC(N)=O)[C@@H]3NC(=N)N[C@@]32C1(O)O. The molecular weight excluding hydrogens is 338 g/mol. The smallest absolute Gasteiger partial charge is 0.404 e. The number of primary amides is 1. The third-order valence-corrected chi connectivity index (χ3v) is 4.56. The summed E-state index contributed by atoms with van der Waals surface area (Å²) in [5, 5.41) is 45.6. The van der Waals surface area contributed by atoms with Crippen molar-refractivity contribution < 1.29 is 29.3 Å². The highest BCUT2D eigenvalue weighted by Crippen LogP contribution is 2.43. The van der Waals surface area contributed by atoms with Gasteiger partial charge in [0.15, 0.2) is 23.7 Å². The fraction of sp³-hybridized carbons (Fsp3) is 0.667. The third-order valence-electron chi connectivity index (χ3n) is 4.56. The van der Waals surface area contributed by atoms with Gasteiger partial charge in [-0.05, 0) is 0 Å². The van der Waals surface area contributed by atoms with Gasteiger partial charge in [0, 0.05) is 6.92 Å². The summed E-state index contributed by atoms with van der Waals surface area (Å²) in [4.78, 5) is 23.4. The van der Waals surface area contributed by atoms with Crippen molar-refractivity contribution in [3.05, 3.63) is 0 Å². The van der Waals surface area contributed by atoms with E-state index < -0.39 is 41.7 Å². The average molecular weight is 357 g/mol. The number of amides is 1. The molecule has 3 fully saturated rings. The minimum absolute atomic E-state index is 0.194. The Bertz CT molecular complexity index is 654. The summed E-state index contributed by atoms with van der Waals surface area (Å²) in [6.45, 7) is 0.645. The molecule has 1 spiro atoms. The van der Waals surface area contributed by atoms with Gasteiger partial charge in [0.2, 0.25) is 5.79 Å². The molecule has 138 valence electrons. The largest absolute Gasteiger partial charge is 0.455 e. The van der Waals surface area contributed by atoms with E-state index in [0.717, 1.165) is 6.92 Å². The van der Waals surface area contributed by atoms with Crippen molar-refractivity contribution in [1.29, 1.82) is 10.8 Å². The first-order valence-electron chi connectivity index (χ1n) is 7.39. The molecule has 3 saturated heterocycles. The van der Waals surface area contributed by atoms with Gasteiger partial charge >= 0.3 is 12.1 Å². The number of nitrogens with two attached hydrogens (primary N) is 1. The van der Waals surface area contributed by atoms with E-state index in [4.69, 9.17) is 26.0 Å². The lowest BCUT2D eigenvalue weighted by molar-refractivity contribution is -0.263. The van der Waals surface area contributed by atoms with Crippen molar-refractivity contribution in [2.24, 2.45) is 5.73 Å². The zero-order valence-corrected chi connectivity index (χ0v) is 13.2. The molecule has 3 heterocycles. The summed E-state index contributed by atoms with van der Waals surface area (Å²) in [7, 11) is 0. The Morgan fingerprint density at radius 2 is 2.08 bits per heavy atom. The van der Waals surface area contributed by atoms with Gasteiger partial charge in [-0.3, -0.25) is 15.6 Å². The number of aliphatic hydroxyl groups is 2. The normalized spacial score (nSPS) is 35.0. The molecule has 3 aliphatic rings. The van der Waals surface area contributed by atoms with Crippen LogP contribution in [0.3, 0.4) is 0 Å². The number of ether oxygens (including phenoxy) is 2. The number of guanidine groups is 2. The van der Waals surface area contributed by atoms with Crippen molar-refractivity contribution in [3.63, 3.8) is 0 Å². The lowest BCUT2D eigenvalue weighted by atomic mass is 9.85. The molecule has 0 aromatic rings. The first-order chi connectivity index (χ1) is 11.6. The van der Waals surface area contributed by atoms with Gasteiger partial charge in [-0.1, -0.05) is 0 Å². The van der Waals surface area contributed by atoms with Gasteiger partial charge in [-0.25, -0.2) is 4.79 Å². The summed E-state index contributed by atoms with van der Waals surface area (Å²) < 4.78 is 9.74. The molecule has 13 heteroatoms. The Balaban J connectivity index is 2.00. The molecule has 0 aromatic carbocycles. The maximum Gasteiger partial charge on any atom is 0.404 e. The van der Waals surface area contributed by atoms with E-state index in [0.29, 0.717) is 0 Å². The van der Waals surface area contributed by atoms with Crippen LogP contribution in [0.15, 0.2) is 0 Å². The van der Waals surface area contributed by atoms with Crippen molar-refractivity contribution in [1.82, 2.24) is 20.9 Å². The monoisotopic (exact) mass is 357 g/mol. The van der Waals surface area contributed by atoms with Crippen LogP contribution in [0.4, 0.5) is 4.79 Å². The van der Waals surface area contributed by atoms with Gasteiger partial charge in [-0.15, -0.1) is 0 Å². The molecule has 0 aliphatic carbocycles. The van der Waals surface area contributed by atoms with Crippen LogP contribution in [0, 0.1) is 10.8 Å². The highest BCUT2D eigenvalue weighted by molar-refractivity contribution is 5.87. The molecule has 3 rings (SSSR count). The quantitative estimate of drug-likeness (QED) is 0.182. The summed E-state index contributed by atoms with van der Waals surface area (Å²) in [6.07, 6.45) is -2.40. The second kappa shape index (κ2) is 5.35. The summed E-state index contributed by atoms with van der Waals surface area (Å²) in [6, 6.07) is -1.72. The van der Waals surface area contributed by atoms with Gasteiger partial charge < -0.3 is 46.3 Å². The Morgan fingerprint density at radius 3 is 2.68 bits per heavy atom. The van der Waals surface area contributed by atoms with Crippen molar-refractivity contribution >= 4 is 24.0 Å². The molecule has 13 nitrogen and oxygen atoms in total. The zero-order chi connectivity index (χ0) is 18.6. The number of hydrogen-bond donors (Lipinski definition) is 8. The molecule has 9 N–H and O–H groups in total. The lowest BCUT2D eigenvalue weighted by Crippen LogP contribution is -2.81. The molecule has 25 heavy (non-hydrogen) atoms. The van der Waals surface area contributed by atoms with Gasteiger partial charge in [0.25, 0.3) is 0 Å². The molecule has 1 amide bonds. The Morgan fingerprint density at radius 1 is 1.40 bits per heavy atom. The fourth-order valence-corrected chi connectivity index (χ4v) is 3.63. The van der Waals surface area contributed by atoms with Crippen molar-refractivity contribution in [3.8, 4) is 0 Å². The predicted octanol–water partition coefficient (Wildman–Crippen LogP) is -3.89. The van der Waals surface area contributed by atoms with E-state index in [9.17, 15) is 19.8 Å². The number of rotatable bonds is 3. The summed E-state index contributed by atoms with van der Waals surface area (Å²) in [5.74, 6) is -3.82. The number of carbonyl (C=O) groups excluding carboxylic acids is 2. The van der Waals surface area contributed by atoms with Crippen LogP contribution in [0.25, 0.3) is 0 Å². The topological polar surface area (TPSA) is 206 Å². The van der Waals surface area contributed by atoms with Gasteiger partial charge in [0.05, 0.1) is 12.6 Å². The van der Waals surface area contributed by atoms with Crippen LogP contribution in [0.2, 0.25) is 0 Å². The third kappa shape index (κ3) is 2.31. The molecular formula is C12H19N7O6. The number of esters is 1. The molecule has 0 radical (unpaired) electrons. The minimum atomic E-state index is -2.64. The van der Waals surface area contributed by atoms with Crippen molar-refractivity contribution in [2.75, 3.05) is 13.2 Å². The van der Waals surface area contributed by atoms with E-state index >= 15 is 0 Å². The van der Waals surface area contributed by atoms with Crippen LogP contribution in [0.5, 0.6) is 0 Å². The number of carbonyl (C=O) groups is 2. The number of nitrogens with one attached hydrogen (secondary N) is 5. The second-order valence-corrected chi connectivity index (χ2v) is 6.05. The second-order valence-electron chi connectivity index (χ2n) is 6.05. The van der Waals surface area contributed by atoms with E-state index in [1.807, 2.05) is 0 Å². The molecule has 0 aromatic heterocycles. The Labute approximate surface area is 141 Å². The fourth-order valence-electron chi connectivity index (χ4n) is 3.63. The standard InChI is InChI=1S/C12H19N7O6/c1-4(20)25-6-2-19-9(14)16-5(3-24-10(15)21)7-11(19,12(6,22)23)18-8(13)17-7/h5-7,22-23H,2-3H2,1H3,(H2,14,16)(H2,15,21)(H3,13,17,18)/t5-,6+,7-,11-/m0/s1. The van der Waals surface area contributed by atoms with Crippen LogP contribution in [-0.2, 0) is 14.3 Å². The zero-order valence-electron chi connectivity index (χ0n) is 13.2. The van der Waals surface area contributed by atoms with Crippen LogP contribution < -0.4 is 21.7 Å². The maximum atomic E-state index is 11.3. The van der Waals surface area contributed by atoms with Gasteiger partial charge in [-0.2, -0.15) is 0 Å². The van der Waals surface area contributed by atoms with Crippen LogP contribution >= 0.6 is 0 Å². The molecule has 0 unspecified atom stereocenters. The minimum Gasteiger partial charge on any atom is -0.455 e. The average Bonchev–Trinajstić information content (AvgIpc) is 2.94. The summed E-state index contributed by atoms with van der Waals surface area (Å²) in [5.41, 5.74) is 3.18. The Hall–Kier alpha value is -2.80. The van der Waals surface area contributed by atoms with E-state index in [1.54, 1.807) is 0 Å². The Kier molecular flexibility index (Phi) is 3.65. The summed E-state index contributed by atoms with van der Waals surface area (Å²) >= 11 is 0. The first-order valence-corrected chi connectivity index (χ1v) is 7.39. The van der Waals surface area contributed by atoms with E-state index in [-0.39, 0.29) is 25.1 Å². The van der Waals surface area contributed by atoms with Crippen molar-refractivity contribution in [2.45, 2.75) is 36.6 Å². The van der Waals surface area contributed by atoms with E-state index in [2.05, 4.69) is 16.0 Å². The van der Waals surface area contributed by atoms with Crippen LogP contribution in [-0.4, -0.2) is 81.9 Å². The molecule has 0 saturated carbocycles. The molecule has 3 aliphatic heterocycles. The number of nitrogens with zero attached hydrogens (tertiary/aromatic N) is 1. The lowest BCUT2D eigenvalue weighted by Gasteiger charge is -2.50. The first kappa shape index (κ1) is 17.0.